The zero-order valence-electron chi connectivity index (χ0n) is 17.5. The summed E-state index contributed by atoms with van der Waals surface area (Å²) in [5.74, 6) is 0.670. The van der Waals surface area contributed by atoms with Gasteiger partial charge < -0.3 is 25.0 Å². The highest BCUT2D eigenvalue weighted by molar-refractivity contribution is 5.85. The van der Waals surface area contributed by atoms with Gasteiger partial charge in [-0.25, -0.2) is 4.99 Å². The number of fused-ring (bicyclic) bond motifs is 1. The zero-order chi connectivity index (χ0) is 20.5. The first-order chi connectivity index (χ1) is 14.2. The number of nitrogens with one attached hydrogen (secondary N) is 2. The maximum absolute atomic E-state index is 12.0. The van der Waals surface area contributed by atoms with Gasteiger partial charge in [0, 0.05) is 46.4 Å². The molecule has 2 atom stereocenters. The maximum atomic E-state index is 12.0. The van der Waals surface area contributed by atoms with E-state index >= 15 is 0 Å². The van der Waals surface area contributed by atoms with E-state index in [1.165, 1.54) is 5.56 Å². The average Bonchev–Trinajstić information content (AvgIpc) is 3.17. The van der Waals surface area contributed by atoms with E-state index in [1.54, 1.807) is 7.11 Å². The Balaban J connectivity index is 1.60. The molecule has 29 heavy (non-hydrogen) atoms. The van der Waals surface area contributed by atoms with Crippen LogP contribution in [0.2, 0.25) is 0 Å². The Morgan fingerprint density at radius 2 is 2.10 bits per heavy atom. The molecule has 3 rings (SSSR count). The molecule has 2 saturated heterocycles. The van der Waals surface area contributed by atoms with Gasteiger partial charge in [0.1, 0.15) is 6.54 Å². The molecule has 0 aliphatic carbocycles. The van der Waals surface area contributed by atoms with Crippen molar-refractivity contribution in [1.29, 1.82) is 0 Å². The molecule has 1 aromatic carbocycles. The fourth-order valence-electron chi connectivity index (χ4n) is 3.87. The van der Waals surface area contributed by atoms with Gasteiger partial charge >= 0.3 is 0 Å². The molecule has 2 aliphatic heterocycles. The third kappa shape index (κ3) is 6.16. The molecule has 0 saturated carbocycles. The molecule has 2 N–H and O–H groups in total. The third-order valence-electron chi connectivity index (χ3n) is 5.28. The minimum atomic E-state index is -0.101. The number of carbonyl (C=O) groups is 1. The number of likely N-dealkylation sites (tertiary alicyclic amines) is 1. The van der Waals surface area contributed by atoms with Gasteiger partial charge in [0.05, 0.1) is 25.4 Å². The summed E-state index contributed by atoms with van der Waals surface area (Å²) < 4.78 is 11.0. The molecule has 0 bridgehead atoms. The van der Waals surface area contributed by atoms with Crippen LogP contribution in [-0.2, 0) is 20.8 Å². The predicted molar refractivity (Wildman–Crippen MR) is 113 cm³/mol. The number of carbonyl (C=O) groups excluding carboxylic acids is 1. The van der Waals surface area contributed by atoms with Crippen molar-refractivity contribution in [1.82, 2.24) is 20.4 Å². The van der Waals surface area contributed by atoms with Gasteiger partial charge in [-0.3, -0.25) is 9.69 Å². The molecule has 1 amide bonds. The molecule has 2 aliphatic rings. The molecule has 8 nitrogen and oxygen atoms in total. The van der Waals surface area contributed by atoms with Crippen LogP contribution >= 0.6 is 0 Å². The first-order valence-corrected chi connectivity index (χ1v) is 10.4. The number of ether oxygens (including phenoxy) is 2. The Kier molecular flexibility index (Phi) is 8.27. The van der Waals surface area contributed by atoms with E-state index in [0.29, 0.717) is 19.2 Å². The topological polar surface area (TPSA) is 78.4 Å². The number of rotatable bonds is 8. The van der Waals surface area contributed by atoms with Crippen molar-refractivity contribution >= 4 is 11.9 Å². The number of aliphatic imine (C=N–C) groups is 1. The van der Waals surface area contributed by atoms with Crippen LogP contribution in [0.5, 0.6) is 0 Å². The zero-order valence-corrected chi connectivity index (χ0v) is 17.5. The molecule has 0 spiro atoms. The van der Waals surface area contributed by atoms with Crippen molar-refractivity contribution in [3.63, 3.8) is 0 Å². The molecule has 2 unspecified atom stereocenters. The van der Waals surface area contributed by atoms with E-state index in [-0.39, 0.29) is 18.6 Å². The van der Waals surface area contributed by atoms with Gasteiger partial charge in [-0.2, -0.15) is 0 Å². The number of hydrogen-bond donors (Lipinski definition) is 2. The minimum absolute atomic E-state index is 0.101. The number of guanidine groups is 1. The lowest BCUT2D eigenvalue weighted by Gasteiger charge is -2.36. The molecule has 2 fully saturated rings. The summed E-state index contributed by atoms with van der Waals surface area (Å²) in [4.78, 5) is 21.3. The summed E-state index contributed by atoms with van der Waals surface area (Å²) in [5, 5.41) is 6.12. The lowest BCUT2D eigenvalue weighted by Crippen LogP contribution is -2.50. The normalized spacial score (nSPS) is 22.4. The monoisotopic (exact) mass is 403 g/mol. The number of nitrogens with zero attached hydrogens (tertiary/aromatic N) is 3. The van der Waals surface area contributed by atoms with Gasteiger partial charge in [0.2, 0.25) is 5.91 Å². The molecule has 8 heteroatoms. The second-order valence-corrected chi connectivity index (χ2v) is 7.35. The molecule has 160 valence electrons. The van der Waals surface area contributed by atoms with E-state index in [2.05, 4.69) is 49.7 Å². The second-order valence-electron chi connectivity index (χ2n) is 7.35. The lowest BCUT2D eigenvalue weighted by molar-refractivity contribution is -0.119. The van der Waals surface area contributed by atoms with E-state index in [1.807, 2.05) is 13.0 Å². The van der Waals surface area contributed by atoms with Crippen LogP contribution in [-0.4, -0.2) is 93.4 Å². The van der Waals surface area contributed by atoms with Gasteiger partial charge in [-0.1, -0.05) is 30.3 Å². The van der Waals surface area contributed by atoms with Crippen LogP contribution in [0.3, 0.4) is 0 Å². The summed E-state index contributed by atoms with van der Waals surface area (Å²) >= 11 is 0. The number of benzene rings is 1. The number of methoxy groups -OCH3 is 1. The lowest BCUT2D eigenvalue weighted by atomic mass is 10.1. The number of amides is 1. The highest BCUT2D eigenvalue weighted by Crippen LogP contribution is 2.24. The van der Waals surface area contributed by atoms with Gasteiger partial charge in [-0.05, 0) is 12.5 Å². The van der Waals surface area contributed by atoms with Crippen molar-refractivity contribution in [2.24, 2.45) is 4.99 Å². The third-order valence-corrected chi connectivity index (χ3v) is 5.28. The molecule has 0 aromatic heterocycles. The fraction of sp³-hybridized carbons (Fsp3) is 0.619. The largest absolute Gasteiger partial charge is 0.383 e. The van der Waals surface area contributed by atoms with Crippen LogP contribution in [0, 0.1) is 0 Å². The first-order valence-electron chi connectivity index (χ1n) is 10.4. The Morgan fingerprint density at radius 1 is 1.28 bits per heavy atom. The van der Waals surface area contributed by atoms with Gasteiger partial charge in [-0.15, -0.1) is 0 Å². The molecular weight excluding hydrogens is 370 g/mol. The van der Waals surface area contributed by atoms with Crippen molar-refractivity contribution < 1.29 is 14.3 Å². The van der Waals surface area contributed by atoms with E-state index < -0.39 is 0 Å². The highest BCUT2D eigenvalue weighted by Gasteiger charge is 2.41. The standard InChI is InChI=1S/C21H33N5O3/c1-3-22-21(24-13-20(27)23-9-11-28-2)26-15-18-19(16-26)29-12-10-25(18)14-17-7-5-4-6-8-17/h4-8,18-19H,3,9-16H2,1-2H3,(H,22,24)(H,23,27). The van der Waals surface area contributed by atoms with Crippen LogP contribution in [0.1, 0.15) is 12.5 Å². The smallest absolute Gasteiger partial charge is 0.241 e. The van der Waals surface area contributed by atoms with Gasteiger partial charge in [0.25, 0.3) is 0 Å². The molecule has 0 radical (unpaired) electrons. The second kappa shape index (κ2) is 11.1. The molecule has 2 heterocycles. The molecular formula is C21H33N5O3. The van der Waals surface area contributed by atoms with E-state index in [0.717, 1.165) is 45.3 Å². The van der Waals surface area contributed by atoms with Crippen molar-refractivity contribution in [2.45, 2.75) is 25.6 Å². The van der Waals surface area contributed by atoms with Crippen LogP contribution < -0.4 is 10.6 Å². The summed E-state index contributed by atoms with van der Waals surface area (Å²) in [6.45, 7) is 8.12. The quantitative estimate of drug-likeness (QED) is 0.369. The van der Waals surface area contributed by atoms with Crippen LogP contribution in [0.15, 0.2) is 35.3 Å². The summed E-state index contributed by atoms with van der Waals surface area (Å²) in [6.07, 6.45) is 0.159. The molecule has 1 aromatic rings. The number of hydrogen-bond acceptors (Lipinski definition) is 5. The Hall–Kier alpha value is -2.16. The SMILES string of the molecule is CCNC(=NCC(=O)NCCOC)N1CC2OCCN(Cc3ccccc3)C2C1. The van der Waals surface area contributed by atoms with Crippen molar-refractivity contribution in [3.05, 3.63) is 35.9 Å². The van der Waals surface area contributed by atoms with Crippen LogP contribution in [0.4, 0.5) is 0 Å². The predicted octanol–water partition coefficient (Wildman–Crippen LogP) is 0.300. The van der Waals surface area contributed by atoms with Crippen LogP contribution in [0.25, 0.3) is 0 Å². The fourth-order valence-corrected chi connectivity index (χ4v) is 3.87. The Labute approximate surface area is 173 Å². The Bertz CT molecular complexity index is 670. The summed E-state index contributed by atoms with van der Waals surface area (Å²) in [6, 6.07) is 10.9. The number of morpholine rings is 1. The first kappa shape index (κ1) is 21.5. The van der Waals surface area contributed by atoms with E-state index in [4.69, 9.17) is 9.47 Å². The maximum Gasteiger partial charge on any atom is 0.241 e. The summed E-state index contributed by atoms with van der Waals surface area (Å²) in [5.41, 5.74) is 1.32. The summed E-state index contributed by atoms with van der Waals surface area (Å²) in [7, 11) is 1.61. The minimum Gasteiger partial charge on any atom is -0.383 e. The van der Waals surface area contributed by atoms with Crippen molar-refractivity contribution in [2.75, 3.05) is 59.6 Å². The van der Waals surface area contributed by atoms with Crippen molar-refractivity contribution in [3.8, 4) is 0 Å². The van der Waals surface area contributed by atoms with Gasteiger partial charge in [0.15, 0.2) is 5.96 Å². The Morgan fingerprint density at radius 3 is 2.86 bits per heavy atom. The highest BCUT2D eigenvalue weighted by atomic mass is 16.5. The average molecular weight is 404 g/mol. The van der Waals surface area contributed by atoms with E-state index in [9.17, 15) is 4.79 Å².